The molecule has 0 aliphatic carbocycles. The van der Waals surface area contributed by atoms with Gasteiger partial charge in [-0.1, -0.05) is 11.2 Å². The van der Waals surface area contributed by atoms with Crippen LogP contribution in [0.4, 0.5) is 5.69 Å². The van der Waals surface area contributed by atoms with Crippen molar-refractivity contribution in [2.45, 2.75) is 13.8 Å². The molecule has 2 rings (SSSR count). The third-order valence-electron chi connectivity index (χ3n) is 2.27. The van der Waals surface area contributed by atoms with Gasteiger partial charge in [0.2, 0.25) is 0 Å². The first-order valence-electron chi connectivity index (χ1n) is 4.18. The third kappa shape index (κ3) is 0.959. The highest BCUT2D eigenvalue weighted by atomic mass is 15.4. The molecule has 1 N–H and O–H groups in total. The first kappa shape index (κ1) is 7.50. The minimum Gasteiger partial charge on any atom is -0.179 e. The third-order valence-corrected chi connectivity index (χ3v) is 2.27. The zero-order chi connectivity index (χ0) is 8.72. The molecule has 1 unspecified atom stereocenters. The van der Waals surface area contributed by atoms with Crippen molar-refractivity contribution in [1.29, 1.82) is 0 Å². The van der Waals surface area contributed by atoms with Gasteiger partial charge in [-0.05, 0) is 25.5 Å². The molecule has 12 heavy (non-hydrogen) atoms. The number of rotatable bonds is 0. The molecular formula is C10H13N2+. The molecule has 0 aromatic heterocycles. The molecule has 2 heteroatoms. The van der Waals surface area contributed by atoms with Gasteiger partial charge in [0.15, 0.2) is 5.69 Å². The SMILES string of the molecule is Cc1cc(C)c2c(c1)C=N[NH+]2C. The first-order chi connectivity index (χ1) is 5.68. The number of nitrogens with one attached hydrogen (secondary N) is 1. The van der Waals surface area contributed by atoms with Gasteiger partial charge in [-0.25, -0.2) is 0 Å². The molecule has 62 valence electrons. The largest absolute Gasteiger partial charge is 0.179 e. The number of nitrogens with zero attached hydrogens (tertiary/aromatic N) is 1. The summed E-state index contributed by atoms with van der Waals surface area (Å²) >= 11 is 0. The van der Waals surface area contributed by atoms with E-state index in [1.54, 1.807) is 0 Å². The maximum Gasteiger partial charge on any atom is 0.169 e. The van der Waals surface area contributed by atoms with Gasteiger partial charge in [0.05, 0.1) is 18.8 Å². The van der Waals surface area contributed by atoms with Crippen LogP contribution in [0.1, 0.15) is 16.7 Å². The lowest BCUT2D eigenvalue weighted by Crippen LogP contribution is -2.97. The van der Waals surface area contributed by atoms with Gasteiger partial charge in [0, 0.05) is 5.56 Å². The molecule has 1 aliphatic rings. The summed E-state index contributed by atoms with van der Waals surface area (Å²) in [6, 6.07) is 4.39. The average molecular weight is 161 g/mol. The van der Waals surface area contributed by atoms with Gasteiger partial charge in [0.1, 0.15) is 0 Å². The summed E-state index contributed by atoms with van der Waals surface area (Å²) in [4.78, 5) is 0. The van der Waals surface area contributed by atoms with Crippen molar-refractivity contribution in [1.82, 2.24) is 0 Å². The molecule has 1 heterocycles. The monoisotopic (exact) mass is 161 g/mol. The Morgan fingerprint density at radius 1 is 1.25 bits per heavy atom. The summed E-state index contributed by atoms with van der Waals surface area (Å²) in [6.07, 6.45) is 1.95. The number of hydrogen-bond donors (Lipinski definition) is 1. The van der Waals surface area contributed by atoms with Crippen molar-refractivity contribution >= 4 is 11.9 Å². The quantitative estimate of drug-likeness (QED) is 0.579. The van der Waals surface area contributed by atoms with E-state index in [0.29, 0.717) is 0 Å². The van der Waals surface area contributed by atoms with Gasteiger partial charge in [-0.15, -0.1) is 0 Å². The van der Waals surface area contributed by atoms with E-state index < -0.39 is 0 Å². The van der Waals surface area contributed by atoms with Crippen molar-refractivity contribution in [2.75, 3.05) is 7.05 Å². The maximum absolute atomic E-state index is 4.30. The van der Waals surface area contributed by atoms with Crippen molar-refractivity contribution in [3.8, 4) is 0 Å². The summed E-state index contributed by atoms with van der Waals surface area (Å²) in [7, 11) is 2.06. The molecule has 0 radical (unpaired) electrons. The second-order valence-electron chi connectivity index (χ2n) is 3.39. The molecule has 2 nitrogen and oxygen atoms in total. The Hall–Kier alpha value is -1.15. The number of benzene rings is 1. The van der Waals surface area contributed by atoms with Gasteiger partial charge in [-0.3, -0.25) is 0 Å². The first-order valence-corrected chi connectivity index (χ1v) is 4.18. The fourth-order valence-corrected chi connectivity index (χ4v) is 1.83. The van der Waals surface area contributed by atoms with E-state index >= 15 is 0 Å². The fraction of sp³-hybridized carbons (Fsp3) is 0.300. The Bertz CT molecular complexity index is 353. The molecule has 0 saturated carbocycles. The van der Waals surface area contributed by atoms with Crippen LogP contribution in [0.2, 0.25) is 0 Å². The average Bonchev–Trinajstić information content (AvgIpc) is 2.31. The van der Waals surface area contributed by atoms with Crippen molar-refractivity contribution < 1.29 is 5.01 Å². The minimum atomic E-state index is 1.14. The summed E-state index contributed by atoms with van der Waals surface area (Å²) in [5, 5.41) is 5.44. The molecule has 0 bridgehead atoms. The number of hydrogen-bond acceptors (Lipinski definition) is 1. The predicted molar refractivity (Wildman–Crippen MR) is 50.1 cm³/mol. The predicted octanol–water partition coefficient (Wildman–Crippen LogP) is 0.797. The minimum absolute atomic E-state index is 1.14. The highest BCUT2D eigenvalue weighted by Gasteiger charge is 2.19. The second-order valence-corrected chi connectivity index (χ2v) is 3.39. The second kappa shape index (κ2) is 2.42. The molecule has 0 saturated heterocycles. The van der Waals surface area contributed by atoms with Crippen molar-refractivity contribution in [3.63, 3.8) is 0 Å². The lowest BCUT2D eigenvalue weighted by atomic mass is 10.1. The highest BCUT2D eigenvalue weighted by molar-refractivity contribution is 5.88. The standard InChI is InChI=1S/C10H12N2/c1-7-4-8(2)10-9(5-7)6-11-12(10)3/h4-6H,1-3H3/p+1. The zero-order valence-corrected chi connectivity index (χ0v) is 7.68. The van der Waals surface area contributed by atoms with Gasteiger partial charge in [-0.2, -0.15) is 5.01 Å². The normalized spacial score (nSPS) is 19.8. The fourth-order valence-electron chi connectivity index (χ4n) is 1.83. The van der Waals surface area contributed by atoms with Crippen LogP contribution < -0.4 is 5.01 Å². The van der Waals surface area contributed by atoms with E-state index in [-0.39, 0.29) is 0 Å². The lowest BCUT2D eigenvalue weighted by Gasteiger charge is -2.06. The molecule has 1 atom stereocenters. The Balaban J connectivity index is 2.66. The molecule has 0 fully saturated rings. The van der Waals surface area contributed by atoms with Crippen LogP contribution in [0.5, 0.6) is 0 Å². The van der Waals surface area contributed by atoms with Crippen LogP contribution in [0, 0.1) is 13.8 Å². The molecule has 0 spiro atoms. The van der Waals surface area contributed by atoms with E-state index in [0.717, 1.165) is 5.01 Å². The topological polar surface area (TPSA) is 16.8 Å². The molecular weight excluding hydrogens is 148 g/mol. The Morgan fingerprint density at radius 3 is 2.75 bits per heavy atom. The van der Waals surface area contributed by atoms with Gasteiger partial charge in [0.25, 0.3) is 0 Å². The summed E-state index contributed by atoms with van der Waals surface area (Å²) in [6.45, 7) is 4.26. The van der Waals surface area contributed by atoms with Crippen molar-refractivity contribution in [2.24, 2.45) is 5.10 Å². The summed E-state index contributed by atoms with van der Waals surface area (Å²) in [5.41, 5.74) is 5.23. The summed E-state index contributed by atoms with van der Waals surface area (Å²) in [5.74, 6) is 0. The summed E-state index contributed by atoms with van der Waals surface area (Å²) < 4.78 is 0. The van der Waals surface area contributed by atoms with Crippen LogP contribution >= 0.6 is 0 Å². The van der Waals surface area contributed by atoms with E-state index in [9.17, 15) is 0 Å². The Kier molecular flexibility index (Phi) is 1.51. The van der Waals surface area contributed by atoms with Crippen LogP contribution in [-0.4, -0.2) is 13.3 Å². The van der Waals surface area contributed by atoms with Crippen LogP contribution in [0.3, 0.4) is 0 Å². The zero-order valence-electron chi connectivity index (χ0n) is 7.68. The molecule has 1 aromatic rings. The number of fused-ring (bicyclic) bond motifs is 1. The van der Waals surface area contributed by atoms with Crippen LogP contribution in [-0.2, 0) is 0 Å². The van der Waals surface area contributed by atoms with E-state index in [1.807, 2.05) is 6.21 Å². The molecule has 0 amide bonds. The Morgan fingerprint density at radius 2 is 2.00 bits per heavy atom. The van der Waals surface area contributed by atoms with E-state index in [1.165, 1.54) is 22.4 Å². The number of quaternary nitrogens is 1. The Labute approximate surface area is 72.5 Å². The van der Waals surface area contributed by atoms with Crippen LogP contribution in [0.15, 0.2) is 17.2 Å². The van der Waals surface area contributed by atoms with Gasteiger partial charge >= 0.3 is 0 Å². The van der Waals surface area contributed by atoms with E-state index in [2.05, 4.69) is 38.1 Å². The van der Waals surface area contributed by atoms with Gasteiger partial charge < -0.3 is 0 Å². The molecule has 1 aromatic carbocycles. The lowest BCUT2D eigenvalue weighted by molar-refractivity contribution is -0.814. The smallest absolute Gasteiger partial charge is 0.169 e. The number of aryl methyl sites for hydroxylation is 2. The highest BCUT2D eigenvalue weighted by Crippen LogP contribution is 2.19. The molecule has 1 aliphatic heterocycles. The van der Waals surface area contributed by atoms with E-state index in [4.69, 9.17) is 0 Å². The van der Waals surface area contributed by atoms with Crippen molar-refractivity contribution in [3.05, 3.63) is 28.8 Å². The van der Waals surface area contributed by atoms with Crippen LogP contribution in [0.25, 0.3) is 0 Å². The maximum atomic E-state index is 4.30.